The molecule has 2 aromatic heterocycles. The van der Waals surface area contributed by atoms with E-state index in [0.29, 0.717) is 22.1 Å². The Morgan fingerprint density at radius 3 is 2.51 bits per heavy atom. The summed E-state index contributed by atoms with van der Waals surface area (Å²) in [6, 6.07) is 17.7. The molecule has 0 saturated carbocycles. The molecule has 35 heavy (non-hydrogen) atoms. The molecule has 5 rings (SSSR count). The van der Waals surface area contributed by atoms with Gasteiger partial charge in [-0.3, -0.25) is 4.79 Å². The minimum Gasteiger partial charge on any atom is -0.338 e. The fourth-order valence-corrected chi connectivity index (χ4v) is 4.07. The maximum absolute atomic E-state index is 12.9. The summed E-state index contributed by atoms with van der Waals surface area (Å²) >= 11 is 6.43. The Kier molecular flexibility index (Phi) is 5.61. The van der Waals surface area contributed by atoms with Crippen LogP contribution < -0.4 is 5.32 Å². The molecule has 5 nitrogen and oxygen atoms in total. The summed E-state index contributed by atoms with van der Waals surface area (Å²) in [5.41, 5.74) is 3.11. The fraction of sp³-hybridized carbons (Fsp3) is 0.0769. The molecule has 0 fully saturated rings. The summed E-state index contributed by atoms with van der Waals surface area (Å²) in [5.74, 6) is 0.00179. The van der Waals surface area contributed by atoms with E-state index in [2.05, 4.69) is 15.3 Å². The van der Waals surface area contributed by atoms with Crippen molar-refractivity contribution < 1.29 is 18.0 Å². The Bertz CT molecular complexity index is 1560. The molecule has 3 aromatic carbocycles. The van der Waals surface area contributed by atoms with Crippen molar-refractivity contribution >= 4 is 34.2 Å². The van der Waals surface area contributed by atoms with Crippen LogP contribution in [-0.4, -0.2) is 20.4 Å². The van der Waals surface area contributed by atoms with Crippen LogP contribution in [0.4, 0.5) is 18.9 Å². The van der Waals surface area contributed by atoms with Crippen molar-refractivity contribution in [3.05, 3.63) is 101 Å². The zero-order chi connectivity index (χ0) is 24.7. The molecule has 2 N–H and O–H groups in total. The van der Waals surface area contributed by atoms with Crippen molar-refractivity contribution in [2.75, 3.05) is 5.32 Å². The first kappa shape index (κ1) is 22.7. The second kappa shape index (κ2) is 8.63. The van der Waals surface area contributed by atoms with Gasteiger partial charge in [-0.05, 0) is 79.2 Å². The van der Waals surface area contributed by atoms with Crippen molar-refractivity contribution in [2.24, 2.45) is 0 Å². The maximum atomic E-state index is 12.9. The van der Waals surface area contributed by atoms with Gasteiger partial charge in [0.05, 0.1) is 21.6 Å². The van der Waals surface area contributed by atoms with E-state index in [0.717, 1.165) is 28.9 Å². The number of rotatable bonds is 4. The van der Waals surface area contributed by atoms with Crippen molar-refractivity contribution in [1.29, 1.82) is 0 Å². The minimum atomic E-state index is -4.47. The Hall–Kier alpha value is -4.04. The molecule has 0 radical (unpaired) electrons. The van der Waals surface area contributed by atoms with E-state index in [-0.39, 0.29) is 11.1 Å². The molecular weight excluding hydrogens is 477 g/mol. The molecule has 5 aromatic rings. The fourth-order valence-electron chi connectivity index (χ4n) is 3.87. The number of nitrogens with zero attached hydrogens (tertiary/aromatic N) is 2. The van der Waals surface area contributed by atoms with E-state index >= 15 is 0 Å². The molecule has 0 aliphatic rings. The van der Waals surface area contributed by atoms with Gasteiger partial charge in [-0.2, -0.15) is 13.2 Å². The number of halogens is 4. The molecule has 0 atom stereocenters. The van der Waals surface area contributed by atoms with Gasteiger partial charge in [0.1, 0.15) is 5.82 Å². The number of aromatic nitrogens is 3. The second-order valence-electron chi connectivity index (χ2n) is 8.05. The second-order valence-corrected chi connectivity index (χ2v) is 8.46. The molecular formula is C26H18ClF3N4O. The van der Waals surface area contributed by atoms with Crippen LogP contribution >= 0.6 is 11.6 Å². The lowest BCUT2D eigenvalue weighted by Gasteiger charge is -2.12. The molecule has 0 bridgehead atoms. The van der Waals surface area contributed by atoms with E-state index in [1.807, 2.05) is 47.3 Å². The number of H-pyrrole nitrogens is 1. The number of carbonyl (C=O) groups is 1. The number of amides is 1. The number of aromatic amines is 1. The van der Waals surface area contributed by atoms with Crippen molar-refractivity contribution in [3.63, 3.8) is 0 Å². The van der Waals surface area contributed by atoms with Gasteiger partial charge in [0.25, 0.3) is 5.91 Å². The number of carbonyl (C=O) groups excluding carboxylic acids is 1. The Labute approximate surface area is 203 Å². The highest BCUT2D eigenvalue weighted by Crippen LogP contribution is 2.32. The van der Waals surface area contributed by atoms with E-state index in [1.54, 1.807) is 18.2 Å². The number of hydrogen-bond acceptors (Lipinski definition) is 2. The SMILES string of the molecule is Cc1cc(C(F)(F)F)ccc1C(=O)Nc1ccc(Cl)c(-c2nc3cc(-n4cccc4)ccc3[nH]2)c1. The molecule has 1 amide bonds. The largest absolute Gasteiger partial charge is 0.416 e. The van der Waals surface area contributed by atoms with Gasteiger partial charge in [-0.15, -0.1) is 0 Å². The third-order valence-corrected chi connectivity index (χ3v) is 5.98. The third-order valence-electron chi connectivity index (χ3n) is 5.65. The normalized spacial score (nSPS) is 11.7. The molecule has 0 saturated heterocycles. The number of imidazole rings is 1. The van der Waals surface area contributed by atoms with Crippen LogP contribution in [0.2, 0.25) is 5.02 Å². The van der Waals surface area contributed by atoms with Crippen molar-refractivity contribution in [3.8, 4) is 17.1 Å². The van der Waals surface area contributed by atoms with Crippen LogP contribution in [0.1, 0.15) is 21.5 Å². The number of nitrogens with one attached hydrogen (secondary N) is 2. The molecule has 9 heteroatoms. The highest BCUT2D eigenvalue weighted by molar-refractivity contribution is 6.33. The number of anilines is 1. The van der Waals surface area contributed by atoms with Crippen LogP contribution in [0.25, 0.3) is 28.1 Å². The Morgan fingerprint density at radius 1 is 1.03 bits per heavy atom. The monoisotopic (exact) mass is 494 g/mol. The van der Waals surface area contributed by atoms with Gasteiger partial charge in [-0.1, -0.05) is 11.6 Å². The predicted octanol–water partition coefficient (Wildman–Crippen LogP) is 7.25. The van der Waals surface area contributed by atoms with Crippen LogP contribution in [0, 0.1) is 6.92 Å². The van der Waals surface area contributed by atoms with Gasteiger partial charge >= 0.3 is 6.18 Å². The maximum Gasteiger partial charge on any atom is 0.416 e. The van der Waals surface area contributed by atoms with E-state index in [1.165, 1.54) is 13.0 Å². The van der Waals surface area contributed by atoms with Crippen LogP contribution in [-0.2, 0) is 6.18 Å². The van der Waals surface area contributed by atoms with E-state index in [9.17, 15) is 18.0 Å². The average Bonchev–Trinajstić information content (AvgIpc) is 3.49. The zero-order valence-electron chi connectivity index (χ0n) is 18.3. The number of hydrogen-bond donors (Lipinski definition) is 2. The number of aryl methyl sites for hydroxylation is 1. The number of fused-ring (bicyclic) bond motifs is 1. The zero-order valence-corrected chi connectivity index (χ0v) is 19.1. The molecule has 2 heterocycles. The van der Waals surface area contributed by atoms with Crippen LogP contribution in [0.3, 0.4) is 0 Å². The molecule has 0 spiro atoms. The van der Waals surface area contributed by atoms with E-state index in [4.69, 9.17) is 11.6 Å². The highest BCUT2D eigenvalue weighted by atomic mass is 35.5. The topological polar surface area (TPSA) is 62.7 Å². The summed E-state index contributed by atoms with van der Waals surface area (Å²) in [6.45, 7) is 1.47. The van der Waals surface area contributed by atoms with Crippen molar-refractivity contribution in [1.82, 2.24) is 14.5 Å². The standard InChI is InChI=1S/C26H18ClF3N4O/c1-15-12-16(26(28,29)30)4-7-19(15)25(35)31-17-5-8-21(27)20(13-17)24-32-22-9-6-18(14-23(22)33-24)34-10-2-3-11-34/h2-14H,1H3,(H,31,35)(H,32,33). The molecule has 0 aliphatic heterocycles. The summed E-state index contributed by atoms with van der Waals surface area (Å²) in [7, 11) is 0. The first-order valence-corrected chi connectivity index (χ1v) is 11.0. The minimum absolute atomic E-state index is 0.149. The smallest absolute Gasteiger partial charge is 0.338 e. The summed E-state index contributed by atoms with van der Waals surface area (Å²) in [5, 5.41) is 3.16. The van der Waals surface area contributed by atoms with Crippen LogP contribution in [0.5, 0.6) is 0 Å². The first-order chi connectivity index (χ1) is 16.7. The first-order valence-electron chi connectivity index (χ1n) is 10.6. The molecule has 176 valence electrons. The Morgan fingerprint density at radius 2 is 1.80 bits per heavy atom. The summed E-state index contributed by atoms with van der Waals surface area (Å²) < 4.78 is 40.8. The van der Waals surface area contributed by atoms with Gasteiger partial charge in [-0.25, -0.2) is 4.98 Å². The average molecular weight is 495 g/mol. The van der Waals surface area contributed by atoms with Crippen LogP contribution in [0.15, 0.2) is 79.1 Å². The number of alkyl halides is 3. The lowest BCUT2D eigenvalue weighted by atomic mass is 10.0. The van der Waals surface area contributed by atoms with Gasteiger partial charge in [0.2, 0.25) is 0 Å². The summed E-state index contributed by atoms with van der Waals surface area (Å²) in [6.07, 6.45) is -0.591. The van der Waals surface area contributed by atoms with Gasteiger partial charge in [0, 0.05) is 34.9 Å². The third kappa shape index (κ3) is 4.52. The lowest BCUT2D eigenvalue weighted by Crippen LogP contribution is -2.15. The molecule has 0 aliphatic carbocycles. The van der Waals surface area contributed by atoms with E-state index < -0.39 is 17.6 Å². The van der Waals surface area contributed by atoms with Gasteiger partial charge in [0.15, 0.2) is 0 Å². The van der Waals surface area contributed by atoms with Crippen molar-refractivity contribution in [2.45, 2.75) is 13.1 Å². The predicted molar refractivity (Wildman–Crippen MR) is 130 cm³/mol. The molecule has 0 unspecified atom stereocenters. The van der Waals surface area contributed by atoms with Gasteiger partial charge < -0.3 is 14.9 Å². The summed E-state index contributed by atoms with van der Waals surface area (Å²) in [4.78, 5) is 20.7. The Balaban J connectivity index is 1.43. The quantitative estimate of drug-likeness (QED) is 0.276. The highest BCUT2D eigenvalue weighted by Gasteiger charge is 2.31. The lowest BCUT2D eigenvalue weighted by molar-refractivity contribution is -0.137. The number of benzene rings is 3.